The molecule has 2 saturated heterocycles. The first-order chi connectivity index (χ1) is 28.9. The Morgan fingerprint density at radius 3 is 1.48 bits per heavy atom. The van der Waals surface area contributed by atoms with E-state index in [-0.39, 0.29) is 10.9 Å². The summed E-state index contributed by atoms with van der Waals surface area (Å²) in [5, 5.41) is 62.3. The van der Waals surface area contributed by atoms with Crippen LogP contribution in [0, 0.1) is 0 Å². The molecule has 3 aromatic carbocycles. The van der Waals surface area contributed by atoms with Gasteiger partial charge >= 0.3 is 23.4 Å². The van der Waals surface area contributed by atoms with E-state index in [1.807, 2.05) is 0 Å². The highest BCUT2D eigenvalue weighted by Crippen LogP contribution is 2.48. The summed E-state index contributed by atoms with van der Waals surface area (Å²) in [4.78, 5) is 4.08. The number of aliphatic hydroxyl groups is 7. The van der Waals surface area contributed by atoms with Crippen molar-refractivity contribution in [2.45, 2.75) is 112 Å². The van der Waals surface area contributed by atoms with Gasteiger partial charge in [-0.15, -0.1) is 0 Å². The average Bonchev–Trinajstić information content (AvgIpc) is 3.22. The monoisotopic (exact) mass is 942 g/mol. The largest absolute Gasteiger partial charge is 0.743 e. The minimum absolute atomic E-state index is 0.0146. The smallest absolute Gasteiger partial charge is 0.438 e. The van der Waals surface area contributed by atoms with Gasteiger partial charge in [0.15, 0.2) is 37.4 Å². The maximum Gasteiger partial charge on any atom is 0.438 e. The van der Waals surface area contributed by atoms with Crippen molar-refractivity contribution < 1.29 is 108 Å². The molecule has 0 amide bonds. The van der Waals surface area contributed by atoms with Gasteiger partial charge in [0.1, 0.15) is 48.8 Å². The molecule has 10 atom stereocenters. The van der Waals surface area contributed by atoms with Gasteiger partial charge in [-0.25, -0.2) is 13.2 Å². The molecular weight excluding hydrogens is 901 g/mol. The van der Waals surface area contributed by atoms with E-state index in [0.29, 0.717) is 0 Å². The molecule has 2 aliphatic rings. The predicted octanol–water partition coefficient (Wildman–Crippen LogP) is 2.16. The maximum absolute atomic E-state index is 13.9. The summed E-state index contributed by atoms with van der Waals surface area (Å²) >= 11 is 0. The Morgan fingerprint density at radius 1 is 0.613 bits per heavy atom. The van der Waals surface area contributed by atoms with Crippen LogP contribution < -0.4 is 0 Å². The zero-order valence-electron chi connectivity index (χ0n) is 31.7. The van der Waals surface area contributed by atoms with Crippen molar-refractivity contribution >= 4 is 21.0 Å². The van der Waals surface area contributed by atoms with Crippen molar-refractivity contribution in [2.75, 3.05) is 19.8 Å². The van der Waals surface area contributed by atoms with Crippen LogP contribution in [-0.2, 0) is 44.7 Å². The third-order valence-electron chi connectivity index (χ3n) is 9.15. The minimum Gasteiger partial charge on any atom is -0.743 e. The van der Waals surface area contributed by atoms with E-state index in [4.69, 9.17) is 18.9 Å². The predicted molar refractivity (Wildman–Crippen MR) is 194 cm³/mol. The number of ether oxygens (including phenoxy) is 5. The van der Waals surface area contributed by atoms with Gasteiger partial charge in [0.05, 0.1) is 30.7 Å². The van der Waals surface area contributed by atoms with Crippen LogP contribution in [0.3, 0.4) is 0 Å². The van der Waals surface area contributed by atoms with Gasteiger partial charge in [-0.3, -0.25) is 0 Å². The molecule has 15 nitrogen and oxygen atoms in total. The molecule has 0 saturated carbocycles. The van der Waals surface area contributed by atoms with Gasteiger partial charge in [0.2, 0.25) is 0 Å². The average molecular weight is 943 g/mol. The van der Waals surface area contributed by atoms with Crippen molar-refractivity contribution in [1.82, 2.24) is 0 Å². The van der Waals surface area contributed by atoms with Crippen LogP contribution >= 0.6 is 0 Å². The van der Waals surface area contributed by atoms with Gasteiger partial charge < -0.3 is 59.2 Å². The molecule has 0 bridgehead atoms. The molecule has 62 heavy (non-hydrogen) atoms. The zero-order valence-corrected chi connectivity index (χ0v) is 33.3. The Labute approximate surface area is 351 Å². The molecule has 0 spiro atoms. The van der Waals surface area contributed by atoms with Crippen molar-refractivity contribution in [3.8, 4) is 0 Å². The highest BCUT2D eigenvalue weighted by atomic mass is 32.2. The molecule has 0 aliphatic carbocycles. The molecule has 0 aromatic heterocycles. The molecule has 7 N–H and O–H groups in total. The molecule has 348 valence electrons. The number of alkyl halides is 8. The lowest BCUT2D eigenvalue weighted by Crippen LogP contribution is -2.64. The van der Waals surface area contributed by atoms with Crippen LogP contribution in [0.5, 0.6) is 0 Å². The van der Waals surface area contributed by atoms with E-state index in [2.05, 4.69) is 95.7 Å². The molecule has 0 radical (unpaired) electrons. The number of rotatable bonds is 17. The third-order valence-corrected chi connectivity index (χ3v) is 12.2. The first-order valence-electron chi connectivity index (χ1n) is 18.2. The van der Waals surface area contributed by atoms with Gasteiger partial charge in [0.25, 0.3) is 0 Å². The van der Waals surface area contributed by atoms with E-state index in [1.165, 1.54) is 14.7 Å². The van der Waals surface area contributed by atoms with Crippen molar-refractivity contribution in [3.63, 3.8) is 0 Å². The molecule has 2 aliphatic heterocycles. The summed E-state index contributed by atoms with van der Waals surface area (Å²) in [5.74, 6) is -5.70. The van der Waals surface area contributed by atoms with Gasteiger partial charge in [0, 0.05) is 6.42 Å². The summed E-state index contributed by atoms with van der Waals surface area (Å²) < 4.78 is 161. The lowest BCUT2D eigenvalue weighted by molar-refractivity contribution is -0.456. The normalized spacial score (nSPS) is 27.7. The van der Waals surface area contributed by atoms with Gasteiger partial charge in [-0.1, -0.05) is 54.6 Å². The van der Waals surface area contributed by atoms with E-state index in [1.54, 1.807) is 0 Å². The number of hydrogen-bond donors (Lipinski definition) is 7. The first kappa shape index (κ1) is 51.5. The second-order valence-corrected chi connectivity index (χ2v) is 17.0. The fourth-order valence-corrected chi connectivity index (χ4v) is 8.29. The Kier molecular flexibility index (Phi) is 17.7. The van der Waals surface area contributed by atoms with E-state index in [9.17, 15) is 83.8 Å². The Morgan fingerprint density at radius 2 is 1.05 bits per heavy atom. The maximum atomic E-state index is 13.9. The van der Waals surface area contributed by atoms with Crippen molar-refractivity contribution in [2.24, 2.45) is 0 Å². The lowest BCUT2D eigenvalue weighted by Gasteiger charge is -2.45. The molecule has 25 heteroatoms. The van der Waals surface area contributed by atoms with Gasteiger partial charge in [-0.05, 0) is 42.8 Å². The number of hydrogen-bond acceptors (Lipinski definition) is 15. The summed E-state index contributed by atoms with van der Waals surface area (Å²) in [6, 6.07) is 32.2. The molecule has 2 heterocycles. The summed E-state index contributed by atoms with van der Waals surface area (Å²) in [6.45, 7) is -3.01. The lowest BCUT2D eigenvalue weighted by atomic mass is 9.97. The summed E-state index contributed by atoms with van der Waals surface area (Å²) in [7, 11) is -7.36. The Balaban J connectivity index is 0.000000365. The van der Waals surface area contributed by atoms with Crippen LogP contribution in [0.2, 0.25) is 0 Å². The van der Waals surface area contributed by atoms with Crippen LogP contribution in [0.4, 0.5) is 35.1 Å². The fraction of sp³-hybridized carbons (Fsp3) is 0.514. The highest BCUT2D eigenvalue weighted by Gasteiger charge is 2.71. The van der Waals surface area contributed by atoms with Crippen LogP contribution in [0.25, 0.3) is 0 Å². The summed E-state index contributed by atoms with van der Waals surface area (Å²) in [5.41, 5.74) is 0. The minimum atomic E-state index is -7.34. The Bertz CT molecular complexity index is 1830. The molecular formula is C37H42F8O15S2. The van der Waals surface area contributed by atoms with E-state index >= 15 is 0 Å². The molecule has 5 rings (SSSR count). The third kappa shape index (κ3) is 12.0. The Hall–Kier alpha value is -3.12. The fourth-order valence-electron chi connectivity index (χ4n) is 5.85. The van der Waals surface area contributed by atoms with E-state index in [0.717, 1.165) is 0 Å². The van der Waals surface area contributed by atoms with Gasteiger partial charge in [-0.2, -0.15) is 35.1 Å². The molecule has 4 unspecified atom stereocenters. The number of benzene rings is 3. The van der Waals surface area contributed by atoms with E-state index < -0.39 is 128 Å². The molecule has 3 aromatic rings. The highest BCUT2D eigenvalue weighted by molar-refractivity contribution is 7.97. The topological polar surface area (TPSA) is 245 Å². The first-order valence-corrected chi connectivity index (χ1v) is 20.8. The van der Waals surface area contributed by atoms with Crippen LogP contribution in [-0.4, -0.2) is 153 Å². The SMILES string of the molecule is O=S(=O)([O-])C(F)(F)C(F)(F)OC(F)(F)C(F)(F)CCCO[C@@H]1OC(CO)[C@@H](O[C@H]2OC(CO)[C@@H](O)[C@H](O)C2O)[C@H](O)C1O.c1ccc([S+](c2ccccc2)c2ccccc2)cc1. The number of halogens is 8. The quantitative estimate of drug-likeness (QED) is 0.0444. The second kappa shape index (κ2) is 21.2. The van der Waals surface area contributed by atoms with Crippen molar-refractivity contribution in [3.05, 3.63) is 91.0 Å². The second-order valence-electron chi connectivity index (χ2n) is 13.5. The van der Waals surface area contributed by atoms with Crippen molar-refractivity contribution in [1.29, 1.82) is 0 Å². The van der Waals surface area contributed by atoms with Crippen LogP contribution in [0.1, 0.15) is 12.8 Å². The summed E-state index contributed by atoms with van der Waals surface area (Å²) in [6.07, 6.45) is -35.6. The number of aliphatic hydroxyl groups excluding tert-OH is 7. The molecule has 2 fully saturated rings. The standard InChI is InChI=1S/C19H28F8O15S.C18H15S/c20-16(21,17(22,23)42-18(24,25)19(26,27)43(35,36)37)2-1-3-38-14-12(34)10(32)13(7(5-29)40-14)41-15-11(33)9(31)8(30)6(4-28)39-15;1-4-10-16(11-5-1)19(17-12-6-2-7-13-17)18-14-8-3-9-15-18/h6-15,28-34H,1-5H2,(H,35,36,37);1-15H/q;+1/p-1/t6?,7?,8-,9+,10-,11?,12?,13-,14-,15-;/m1./s1. The van der Waals surface area contributed by atoms with Crippen LogP contribution in [0.15, 0.2) is 106 Å². The zero-order chi connectivity index (χ0) is 46.3.